The third-order valence-electron chi connectivity index (χ3n) is 3.44. The monoisotopic (exact) mass is 262 g/mol. The van der Waals surface area contributed by atoms with E-state index in [2.05, 4.69) is 5.32 Å². The van der Waals surface area contributed by atoms with Crippen LogP contribution in [0.3, 0.4) is 0 Å². The zero-order valence-electron chi connectivity index (χ0n) is 11.2. The zero-order valence-corrected chi connectivity index (χ0v) is 11.2. The van der Waals surface area contributed by atoms with Gasteiger partial charge in [-0.3, -0.25) is 4.79 Å². The number of hydrogen-bond donors (Lipinski definition) is 2. The van der Waals surface area contributed by atoms with Crippen LogP contribution in [0.2, 0.25) is 0 Å². The molecule has 0 saturated carbocycles. The van der Waals surface area contributed by atoms with E-state index in [0.717, 1.165) is 37.0 Å². The maximum absolute atomic E-state index is 12.2. The van der Waals surface area contributed by atoms with E-state index in [-0.39, 0.29) is 12.0 Å². The molecule has 0 aliphatic carbocycles. The molecule has 1 aliphatic heterocycles. The molecule has 1 aromatic rings. The van der Waals surface area contributed by atoms with Crippen LogP contribution in [0.15, 0.2) is 24.3 Å². The summed E-state index contributed by atoms with van der Waals surface area (Å²) in [5, 5.41) is 2.96. The van der Waals surface area contributed by atoms with Crippen molar-refractivity contribution in [2.24, 2.45) is 5.73 Å². The minimum Gasteiger partial charge on any atom is -0.376 e. The predicted molar refractivity (Wildman–Crippen MR) is 75.1 cm³/mol. The molecule has 0 spiro atoms. The van der Waals surface area contributed by atoms with E-state index < -0.39 is 0 Å². The van der Waals surface area contributed by atoms with Gasteiger partial charge in [-0.25, -0.2) is 0 Å². The van der Waals surface area contributed by atoms with Gasteiger partial charge in [-0.15, -0.1) is 0 Å². The Hall–Kier alpha value is -1.39. The van der Waals surface area contributed by atoms with Gasteiger partial charge in [0.25, 0.3) is 5.91 Å². The summed E-state index contributed by atoms with van der Waals surface area (Å²) in [7, 11) is 0. The van der Waals surface area contributed by atoms with Crippen molar-refractivity contribution >= 4 is 5.91 Å². The lowest BCUT2D eigenvalue weighted by Crippen LogP contribution is -2.35. The van der Waals surface area contributed by atoms with Crippen molar-refractivity contribution in [1.82, 2.24) is 5.32 Å². The van der Waals surface area contributed by atoms with E-state index in [0.29, 0.717) is 13.1 Å². The minimum absolute atomic E-state index is 0.0294. The van der Waals surface area contributed by atoms with Gasteiger partial charge in [-0.2, -0.15) is 0 Å². The quantitative estimate of drug-likeness (QED) is 0.845. The van der Waals surface area contributed by atoms with Gasteiger partial charge in [0.05, 0.1) is 6.10 Å². The van der Waals surface area contributed by atoms with Crippen molar-refractivity contribution in [3.05, 3.63) is 35.4 Å². The highest BCUT2D eigenvalue weighted by molar-refractivity contribution is 5.95. The van der Waals surface area contributed by atoms with Crippen molar-refractivity contribution in [2.75, 3.05) is 19.7 Å². The molecule has 1 aromatic carbocycles. The number of carbonyl (C=O) groups excluding carboxylic acids is 1. The first-order valence-electron chi connectivity index (χ1n) is 6.99. The van der Waals surface area contributed by atoms with E-state index in [4.69, 9.17) is 10.5 Å². The number of rotatable bonds is 5. The Kier molecular flexibility index (Phi) is 5.36. The summed E-state index contributed by atoms with van der Waals surface area (Å²) in [5.74, 6) is -0.0294. The summed E-state index contributed by atoms with van der Waals surface area (Å²) < 4.78 is 5.61. The lowest BCUT2D eigenvalue weighted by Gasteiger charge is -2.23. The van der Waals surface area contributed by atoms with Crippen LogP contribution in [0.4, 0.5) is 0 Å². The molecule has 0 aromatic heterocycles. The molecule has 1 fully saturated rings. The number of benzene rings is 1. The molecule has 0 bridgehead atoms. The highest BCUT2D eigenvalue weighted by Gasteiger charge is 2.16. The third kappa shape index (κ3) is 4.04. The molecule has 0 radical (unpaired) electrons. The largest absolute Gasteiger partial charge is 0.376 e. The van der Waals surface area contributed by atoms with Gasteiger partial charge in [-0.05, 0) is 43.9 Å². The molecule has 104 valence electrons. The molecule has 1 aliphatic rings. The van der Waals surface area contributed by atoms with Crippen molar-refractivity contribution in [3.63, 3.8) is 0 Å². The molecule has 1 atom stereocenters. The van der Waals surface area contributed by atoms with Crippen LogP contribution in [-0.4, -0.2) is 31.7 Å². The van der Waals surface area contributed by atoms with E-state index in [1.807, 2.05) is 24.3 Å². The Balaban J connectivity index is 1.91. The maximum Gasteiger partial charge on any atom is 0.251 e. The van der Waals surface area contributed by atoms with Crippen molar-refractivity contribution in [1.29, 1.82) is 0 Å². The molecular formula is C15H22N2O2. The topological polar surface area (TPSA) is 64.4 Å². The fourth-order valence-electron chi connectivity index (χ4n) is 2.39. The van der Waals surface area contributed by atoms with Crippen molar-refractivity contribution in [2.45, 2.75) is 31.8 Å². The van der Waals surface area contributed by atoms with Gasteiger partial charge in [0.15, 0.2) is 0 Å². The second-order valence-electron chi connectivity index (χ2n) is 4.89. The van der Waals surface area contributed by atoms with E-state index in [1.165, 1.54) is 6.42 Å². The van der Waals surface area contributed by atoms with E-state index in [1.54, 1.807) is 0 Å². The number of amides is 1. The fourth-order valence-corrected chi connectivity index (χ4v) is 2.39. The van der Waals surface area contributed by atoms with Gasteiger partial charge < -0.3 is 15.8 Å². The van der Waals surface area contributed by atoms with Crippen LogP contribution >= 0.6 is 0 Å². The third-order valence-corrected chi connectivity index (χ3v) is 3.44. The lowest BCUT2D eigenvalue weighted by atomic mass is 10.0. The van der Waals surface area contributed by atoms with Crippen LogP contribution < -0.4 is 11.1 Å². The molecule has 1 unspecified atom stereocenters. The molecule has 19 heavy (non-hydrogen) atoms. The van der Waals surface area contributed by atoms with Crippen LogP contribution in [0, 0.1) is 0 Å². The summed E-state index contributed by atoms with van der Waals surface area (Å²) in [6, 6.07) is 7.62. The number of carbonyl (C=O) groups is 1. The molecule has 1 heterocycles. The highest BCUT2D eigenvalue weighted by atomic mass is 16.5. The Morgan fingerprint density at radius 2 is 2.21 bits per heavy atom. The average molecular weight is 262 g/mol. The Morgan fingerprint density at radius 3 is 2.95 bits per heavy atom. The second kappa shape index (κ2) is 7.26. The second-order valence-corrected chi connectivity index (χ2v) is 4.89. The van der Waals surface area contributed by atoms with Crippen molar-refractivity contribution < 1.29 is 9.53 Å². The summed E-state index contributed by atoms with van der Waals surface area (Å²) in [5.41, 5.74) is 7.30. The predicted octanol–water partition coefficient (Wildman–Crippen LogP) is 1.49. The minimum atomic E-state index is -0.0294. The maximum atomic E-state index is 12.2. The van der Waals surface area contributed by atoms with Crippen LogP contribution in [0.1, 0.15) is 35.2 Å². The van der Waals surface area contributed by atoms with Gasteiger partial charge in [-0.1, -0.05) is 18.2 Å². The standard InChI is InChI=1S/C15H22N2O2/c16-9-8-12-5-1-2-7-14(12)15(18)17-11-13-6-3-4-10-19-13/h1-2,5,7,13H,3-4,6,8-11,16H2,(H,17,18). The fraction of sp³-hybridized carbons (Fsp3) is 0.533. The molecule has 2 rings (SSSR count). The lowest BCUT2D eigenvalue weighted by molar-refractivity contribution is 0.0169. The Bertz CT molecular complexity index is 414. The number of hydrogen-bond acceptors (Lipinski definition) is 3. The highest BCUT2D eigenvalue weighted by Crippen LogP contribution is 2.13. The SMILES string of the molecule is NCCc1ccccc1C(=O)NCC1CCCCO1. The molecule has 1 amide bonds. The molecular weight excluding hydrogens is 240 g/mol. The van der Waals surface area contributed by atoms with Crippen LogP contribution in [0.5, 0.6) is 0 Å². The summed E-state index contributed by atoms with van der Waals surface area (Å²) in [6.45, 7) is 1.95. The first-order valence-corrected chi connectivity index (χ1v) is 6.99. The first-order chi connectivity index (χ1) is 9.31. The van der Waals surface area contributed by atoms with Crippen LogP contribution in [0.25, 0.3) is 0 Å². The summed E-state index contributed by atoms with van der Waals surface area (Å²) >= 11 is 0. The van der Waals surface area contributed by atoms with E-state index in [9.17, 15) is 4.79 Å². The summed E-state index contributed by atoms with van der Waals surface area (Å²) in [4.78, 5) is 12.2. The molecule has 1 saturated heterocycles. The molecule has 3 N–H and O–H groups in total. The van der Waals surface area contributed by atoms with Gasteiger partial charge in [0.2, 0.25) is 0 Å². The van der Waals surface area contributed by atoms with Crippen LogP contribution in [-0.2, 0) is 11.2 Å². The normalized spacial score (nSPS) is 19.1. The average Bonchev–Trinajstić information content (AvgIpc) is 2.47. The van der Waals surface area contributed by atoms with Gasteiger partial charge in [0, 0.05) is 18.7 Å². The number of nitrogens with one attached hydrogen (secondary N) is 1. The smallest absolute Gasteiger partial charge is 0.251 e. The zero-order chi connectivity index (χ0) is 13.5. The molecule has 4 nitrogen and oxygen atoms in total. The van der Waals surface area contributed by atoms with Gasteiger partial charge in [0.1, 0.15) is 0 Å². The summed E-state index contributed by atoms with van der Waals surface area (Å²) in [6.07, 6.45) is 4.24. The Labute approximate surface area is 114 Å². The number of ether oxygens (including phenoxy) is 1. The first kappa shape index (κ1) is 14.0. The molecule has 4 heteroatoms. The van der Waals surface area contributed by atoms with E-state index >= 15 is 0 Å². The Morgan fingerprint density at radius 1 is 1.37 bits per heavy atom. The number of nitrogens with two attached hydrogens (primary N) is 1. The van der Waals surface area contributed by atoms with Gasteiger partial charge >= 0.3 is 0 Å². The van der Waals surface area contributed by atoms with Crippen molar-refractivity contribution in [3.8, 4) is 0 Å².